The number of esters is 4. The van der Waals surface area contributed by atoms with Crippen molar-refractivity contribution in [3.8, 4) is 0 Å². The van der Waals surface area contributed by atoms with Gasteiger partial charge < -0.3 is 23.8 Å². The quantitative estimate of drug-likeness (QED) is 0.0266. The number of ether oxygens (including phenoxy) is 4. The fraction of sp³-hybridized carbons (Fsp3) is 0.943. The van der Waals surface area contributed by atoms with E-state index < -0.39 is 57.1 Å². The van der Waals surface area contributed by atoms with E-state index in [2.05, 4.69) is 27.7 Å². The van der Waals surface area contributed by atoms with E-state index in [-0.39, 0.29) is 38.9 Å². The molecule has 0 aliphatic rings. The van der Waals surface area contributed by atoms with Gasteiger partial charge in [0.1, 0.15) is 13.2 Å². The van der Waals surface area contributed by atoms with Gasteiger partial charge in [-0.3, -0.25) is 28.2 Å². The predicted molar refractivity (Wildman–Crippen MR) is 345 cm³/mol. The standard InChI is InChI=1S/C70H135O12P/c1-5-9-13-17-21-25-29-33-37-41-45-49-53-57-67(71)77-61-65(81-69(73)59-55-51-47-43-39-35-31-27-23-19-15-11-7-3)63-79-83(75,76)80-64-66(82-70(74)60-56-52-48-44-40-36-32-28-24-20-16-12-8-4)62-78-68(72)58-54-50-46-42-38-34-30-26-22-18-14-10-6-2/h65-66H,5-64H2,1-4H3,(H,75,76)/t65-,66-/m1/s1. The van der Waals surface area contributed by atoms with Gasteiger partial charge >= 0.3 is 31.7 Å². The summed E-state index contributed by atoms with van der Waals surface area (Å²) in [5, 5.41) is 0. The topological polar surface area (TPSA) is 161 Å². The molecule has 492 valence electrons. The first-order chi connectivity index (χ1) is 40.6. The molecule has 0 radical (unpaired) electrons. The summed E-state index contributed by atoms with van der Waals surface area (Å²) in [4.78, 5) is 62.8. The van der Waals surface area contributed by atoms with Gasteiger partial charge in [0.25, 0.3) is 0 Å². The third-order valence-corrected chi connectivity index (χ3v) is 17.2. The maximum atomic E-state index is 13.4. The van der Waals surface area contributed by atoms with Crippen molar-refractivity contribution in [2.75, 3.05) is 26.4 Å². The number of hydrogen-bond acceptors (Lipinski definition) is 11. The molecule has 0 saturated heterocycles. The van der Waals surface area contributed by atoms with Crippen LogP contribution in [0.25, 0.3) is 0 Å². The molecule has 0 amide bonds. The normalized spacial score (nSPS) is 12.4. The van der Waals surface area contributed by atoms with E-state index in [9.17, 15) is 28.6 Å². The van der Waals surface area contributed by atoms with E-state index in [0.717, 1.165) is 77.0 Å². The van der Waals surface area contributed by atoms with Crippen molar-refractivity contribution >= 4 is 31.7 Å². The summed E-state index contributed by atoms with van der Waals surface area (Å²) in [6.07, 6.45) is 60.2. The molecular weight excluding hydrogens is 1060 g/mol. The van der Waals surface area contributed by atoms with E-state index in [1.165, 1.54) is 231 Å². The first-order valence-electron chi connectivity index (χ1n) is 35.9. The Labute approximate surface area is 512 Å². The van der Waals surface area contributed by atoms with Crippen LogP contribution >= 0.6 is 7.82 Å². The Kier molecular flexibility index (Phi) is 62.9. The van der Waals surface area contributed by atoms with Gasteiger partial charge in [0, 0.05) is 25.7 Å². The van der Waals surface area contributed by atoms with Crippen LogP contribution in [0.4, 0.5) is 0 Å². The van der Waals surface area contributed by atoms with Gasteiger partial charge in [-0.2, -0.15) is 0 Å². The van der Waals surface area contributed by atoms with Crippen LogP contribution in [-0.4, -0.2) is 67.4 Å². The van der Waals surface area contributed by atoms with Gasteiger partial charge in [0.15, 0.2) is 12.2 Å². The highest BCUT2D eigenvalue weighted by Gasteiger charge is 2.29. The van der Waals surface area contributed by atoms with Crippen molar-refractivity contribution in [1.82, 2.24) is 0 Å². The van der Waals surface area contributed by atoms with Crippen LogP contribution in [0, 0.1) is 0 Å². The monoisotopic (exact) mass is 1200 g/mol. The van der Waals surface area contributed by atoms with Crippen molar-refractivity contribution < 1.29 is 56.6 Å². The maximum Gasteiger partial charge on any atom is 0.472 e. The Balaban J connectivity index is 5.31. The number of phosphoric ester groups is 1. The number of carbonyl (C=O) groups is 4. The van der Waals surface area contributed by atoms with Gasteiger partial charge in [-0.25, -0.2) is 4.57 Å². The van der Waals surface area contributed by atoms with Gasteiger partial charge in [-0.1, -0.05) is 336 Å². The van der Waals surface area contributed by atoms with Crippen molar-refractivity contribution in [2.24, 2.45) is 0 Å². The fourth-order valence-corrected chi connectivity index (χ4v) is 11.6. The molecule has 13 heteroatoms. The second kappa shape index (κ2) is 64.5. The molecule has 0 saturated carbocycles. The average molecular weight is 1200 g/mol. The van der Waals surface area contributed by atoms with Crippen molar-refractivity contribution in [3.63, 3.8) is 0 Å². The molecule has 0 fully saturated rings. The molecule has 0 aliphatic carbocycles. The Morgan fingerprint density at radius 2 is 0.434 bits per heavy atom. The number of rotatable bonds is 68. The lowest BCUT2D eigenvalue weighted by molar-refractivity contribution is -0.162. The third-order valence-electron chi connectivity index (χ3n) is 16.2. The number of phosphoric acid groups is 1. The van der Waals surface area contributed by atoms with Gasteiger partial charge in [0.05, 0.1) is 13.2 Å². The van der Waals surface area contributed by atoms with E-state index in [1.54, 1.807) is 0 Å². The predicted octanol–water partition coefficient (Wildman–Crippen LogP) is 22.0. The lowest BCUT2D eigenvalue weighted by atomic mass is 10.0. The lowest BCUT2D eigenvalue weighted by Gasteiger charge is -2.22. The minimum atomic E-state index is -4.84. The second-order valence-electron chi connectivity index (χ2n) is 24.6. The Hall–Kier alpha value is -2.01. The van der Waals surface area contributed by atoms with Crippen LogP contribution in [0.2, 0.25) is 0 Å². The lowest BCUT2D eigenvalue weighted by Crippen LogP contribution is -2.31. The fourth-order valence-electron chi connectivity index (χ4n) is 10.8. The molecule has 0 unspecified atom stereocenters. The van der Waals surface area contributed by atoms with E-state index >= 15 is 0 Å². The highest BCUT2D eigenvalue weighted by Crippen LogP contribution is 2.43. The summed E-state index contributed by atoms with van der Waals surface area (Å²) in [5.41, 5.74) is 0. The summed E-state index contributed by atoms with van der Waals surface area (Å²) < 4.78 is 46.6. The average Bonchev–Trinajstić information content (AvgIpc) is 3.47. The van der Waals surface area contributed by atoms with E-state index in [0.29, 0.717) is 25.7 Å². The molecule has 0 aromatic carbocycles. The molecule has 0 aromatic rings. The minimum absolute atomic E-state index is 0.166. The first-order valence-corrected chi connectivity index (χ1v) is 37.4. The smallest absolute Gasteiger partial charge is 0.462 e. The number of unbranched alkanes of at least 4 members (excludes halogenated alkanes) is 48. The largest absolute Gasteiger partial charge is 0.472 e. The van der Waals surface area contributed by atoms with Crippen LogP contribution in [0.3, 0.4) is 0 Å². The summed E-state index contributed by atoms with van der Waals surface area (Å²) >= 11 is 0. The highest BCUT2D eigenvalue weighted by atomic mass is 31.2. The molecule has 0 aliphatic heterocycles. The van der Waals surface area contributed by atoms with Crippen molar-refractivity contribution in [3.05, 3.63) is 0 Å². The molecule has 12 nitrogen and oxygen atoms in total. The minimum Gasteiger partial charge on any atom is -0.462 e. The zero-order chi connectivity index (χ0) is 60.6. The molecular formula is C70H135O12P. The second-order valence-corrected chi connectivity index (χ2v) is 26.1. The SMILES string of the molecule is CCCCCCCCCCCCCCCC(=O)OC[C@H](COP(=O)(O)OC[C@@H](COC(=O)CCCCCCCCCCCCCCC)OC(=O)CCCCCCCCCCCCCCC)OC(=O)CCCCCCCCCCCCCCC. The molecule has 0 heterocycles. The van der Waals surface area contributed by atoms with Gasteiger partial charge in [0.2, 0.25) is 0 Å². The van der Waals surface area contributed by atoms with Crippen LogP contribution in [0.15, 0.2) is 0 Å². The molecule has 0 aromatic heterocycles. The molecule has 0 spiro atoms. The first kappa shape index (κ1) is 81.0. The van der Waals surface area contributed by atoms with Crippen LogP contribution in [0.1, 0.15) is 387 Å². The molecule has 2 atom stereocenters. The molecule has 1 N–H and O–H groups in total. The van der Waals surface area contributed by atoms with Crippen molar-refractivity contribution in [2.45, 2.75) is 399 Å². The number of carbonyl (C=O) groups excluding carboxylic acids is 4. The Bertz CT molecular complexity index is 1360. The zero-order valence-electron chi connectivity index (χ0n) is 55.0. The van der Waals surface area contributed by atoms with Crippen LogP contribution < -0.4 is 0 Å². The van der Waals surface area contributed by atoms with Gasteiger partial charge in [-0.05, 0) is 25.7 Å². The van der Waals surface area contributed by atoms with E-state index in [4.69, 9.17) is 28.0 Å². The summed E-state index contributed by atoms with van der Waals surface area (Å²) in [7, 11) is -4.84. The summed E-state index contributed by atoms with van der Waals surface area (Å²) in [6.45, 7) is 7.18. The Morgan fingerprint density at radius 1 is 0.265 bits per heavy atom. The number of hydrogen-bond donors (Lipinski definition) is 1. The zero-order valence-corrected chi connectivity index (χ0v) is 55.9. The maximum absolute atomic E-state index is 13.4. The molecule has 0 rings (SSSR count). The Morgan fingerprint density at radius 3 is 0.627 bits per heavy atom. The third kappa shape index (κ3) is 62.8. The van der Waals surface area contributed by atoms with Crippen molar-refractivity contribution in [1.29, 1.82) is 0 Å². The molecule has 83 heavy (non-hydrogen) atoms. The van der Waals surface area contributed by atoms with Gasteiger partial charge in [-0.15, -0.1) is 0 Å². The summed E-state index contributed by atoms with van der Waals surface area (Å²) in [5.74, 6) is -1.86. The highest BCUT2D eigenvalue weighted by molar-refractivity contribution is 7.47. The summed E-state index contributed by atoms with van der Waals surface area (Å²) in [6, 6.07) is 0. The molecule has 0 bridgehead atoms. The van der Waals surface area contributed by atoms with Crippen LogP contribution in [-0.2, 0) is 51.7 Å². The van der Waals surface area contributed by atoms with Crippen LogP contribution in [0.5, 0.6) is 0 Å². The van der Waals surface area contributed by atoms with E-state index in [1.807, 2.05) is 0 Å².